The molecule has 0 radical (unpaired) electrons. The number of phosphoric ester groups is 1. The number of carbonyl (C=O) groups is 2. The molecule has 486 valence electrons. The Morgan fingerprint density at radius 3 is 1.01 bits per heavy atom. The highest BCUT2D eigenvalue weighted by Crippen LogP contribution is 2.43. The van der Waals surface area contributed by atoms with Gasteiger partial charge in [-0.25, -0.2) is 4.57 Å². The molecule has 0 aliphatic heterocycles. The summed E-state index contributed by atoms with van der Waals surface area (Å²) in [5.41, 5.74) is 0. The third-order valence-corrected chi connectivity index (χ3v) is 16.1. The van der Waals surface area contributed by atoms with Gasteiger partial charge >= 0.3 is 19.8 Å². The molecule has 0 aromatic heterocycles. The van der Waals surface area contributed by atoms with Crippen molar-refractivity contribution in [2.75, 3.05) is 47.5 Å². The van der Waals surface area contributed by atoms with E-state index in [0.29, 0.717) is 17.4 Å². The van der Waals surface area contributed by atoms with Gasteiger partial charge < -0.3 is 18.9 Å². The molecular weight excluding hydrogens is 1060 g/mol. The first-order valence-electron chi connectivity index (χ1n) is 35.0. The fourth-order valence-electron chi connectivity index (χ4n) is 9.76. The van der Waals surface area contributed by atoms with Gasteiger partial charge in [-0.05, 0) is 96.3 Å². The molecule has 0 aromatic rings. The number of ether oxygens (including phenoxy) is 2. The molecule has 0 aliphatic rings. The van der Waals surface area contributed by atoms with Crippen molar-refractivity contribution in [3.8, 4) is 0 Å². The van der Waals surface area contributed by atoms with Crippen LogP contribution in [0.1, 0.15) is 309 Å². The summed E-state index contributed by atoms with van der Waals surface area (Å²) in [7, 11) is 1.48. The van der Waals surface area contributed by atoms with Gasteiger partial charge in [0, 0.05) is 12.8 Å². The van der Waals surface area contributed by atoms with Crippen molar-refractivity contribution in [3.05, 3.63) is 97.2 Å². The van der Waals surface area contributed by atoms with E-state index in [1.54, 1.807) is 0 Å². The van der Waals surface area contributed by atoms with Crippen LogP contribution in [-0.4, -0.2) is 74.9 Å². The molecule has 0 fully saturated rings. The first kappa shape index (κ1) is 80.9. The minimum atomic E-state index is -4.39. The number of carbonyl (C=O) groups excluding carboxylic acids is 2. The minimum Gasteiger partial charge on any atom is -0.462 e. The van der Waals surface area contributed by atoms with Gasteiger partial charge in [0.25, 0.3) is 0 Å². The zero-order valence-electron chi connectivity index (χ0n) is 55.4. The molecule has 0 saturated heterocycles. The molecule has 2 atom stereocenters. The first-order chi connectivity index (χ1) is 41.0. The van der Waals surface area contributed by atoms with Crippen molar-refractivity contribution in [2.24, 2.45) is 0 Å². The highest BCUT2D eigenvalue weighted by atomic mass is 31.2. The largest absolute Gasteiger partial charge is 0.472 e. The smallest absolute Gasteiger partial charge is 0.462 e. The fraction of sp³-hybridized carbons (Fsp3) is 0.757. The Labute approximate surface area is 519 Å². The Hall–Kier alpha value is -3.07. The second-order valence-electron chi connectivity index (χ2n) is 24.5. The summed E-state index contributed by atoms with van der Waals surface area (Å²) in [6.45, 7) is 4.34. The van der Waals surface area contributed by atoms with Crippen LogP contribution in [0.2, 0.25) is 0 Å². The van der Waals surface area contributed by atoms with Gasteiger partial charge in [0.05, 0.1) is 27.7 Å². The van der Waals surface area contributed by atoms with E-state index in [4.69, 9.17) is 18.5 Å². The molecule has 0 saturated carbocycles. The number of nitrogens with zero attached hydrogens (tertiary/aromatic N) is 1. The number of rotatable bonds is 64. The summed E-state index contributed by atoms with van der Waals surface area (Å²) in [5, 5.41) is 0. The van der Waals surface area contributed by atoms with Crippen LogP contribution in [0.25, 0.3) is 0 Å². The summed E-state index contributed by atoms with van der Waals surface area (Å²) in [4.78, 5) is 35.9. The quantitative estimate of drug-likeness (QED) is 0.0211. The van der Waals surface area contributed by atoms with E-state index in [1.165, 1.54) is 199 Å². The van der Waals surface area contributed by atoms with Crippen LogP contribution in [0.4, 0.5) is 0 Å². The standard InChI is InChI=1S/C74H132NO8P/c1-6-8-10-12-14-16-18-20-22-24-26-28-30-32-33-34-35-36-37-38-39-40-41-43-45-47-49-51-53-55-57-59-61-63-65-67-74(77)83-72(71-82-84(78,79)81-69-68-75(3,4)5)70-80-73(76)66-64-62-60-58-56-54-52-50-48-46-44-42-31-29-27-25-23-21-19-17-15-13-11-9-7-2/h8,10,14,16,19-22,25-28,32-33,35-36,72H,6-7,9,11-13,15,17-18,23-24,29-31,34,37-71H2,1-5H3/p+1/b10-8-,16-14-,21-19-,22-20-,27-25-,28-26-,33-32-,36-35-. The lowest BCUT2D eigenvalue weighted by Crippen LogP contribution is -2.37. The summed E-state index contributed by atoms with van der Waals surface area (Å²) >= 11 is 0. The summed E-state index contributed by atoms with van der Waals surface area (Å²) in [5.74, 6) is -0.790. The first-order valence-corrected chi connectivity index (χ1v) is 36.5. The van der Waals surface area contributed by atoms with Crippen LogP contribution in [0.3, 0.4) is 0 Å². The summed E-state index contributed by atoms with van der Waals surface area (Å²) in [6.07, 6.45) is 89.3. The number of allylic oxidation sites excluding steroid dienone is 16. The maximum atomic E-state index is 12.9. The van der Waals surface area contributed by atoms with Crippen molar-refractivity contribution in [2.45, 2.75) is 315 Å². The number of phosphoric acid groups is 1. The van der Waals surface area contributed by atoms with Gasteiger partial charge in [-0.15, -0.1) is 0 Å². The van der Waals surface area contributed by atoms with Gasteiger partial charge in [0.1, 0.15) is 19.8 Å². The molecule has 10 heteroatoms. The molecule has 84 heavy (non-hydrogen) atoms. The lowest BCUT2D eigenvalue weighted by molar-refractivity contribution is -0.870. The topological polar surface area (TPSA) is 108 Å². The second kappa shape index (κ2) is 64.4. The third kappa shape index (κ3) is 68.0. The van der Waals surface area contributed by atoms with Crippen LogP contribution in [0.15, 0.2) is 97.2 Å². The van der Waals surface area contributed by atoms with Crippen molar-refractivity contribution in [3.63, 3.8) is 0 Å². The van der Waals surface area contributed by atoms with Gasteiger partial charge in [0.2, 0.25) is 0 Å². The van der Waals surface area contributed by atoms with Crippen LogP contribution in [0.5, 0.6) is 0 Å². The molecule has 0 rings (SSSR count). The fourth-order valence-corrected chi connectivity index (χ4v) is 10.5. The van der Waals surface area contributed by atoms with E-state index in [-0.39, 0.29) is 32.0 Å². The van der Waals surface area contributed by atoms with Crippen molar-refractivity contribution in [1.82, 2.24) is 0 Å². The van der Waals surface area contributed by atoms with Crippen molar-refractivity contribution in [1.29, 1.82) is 0 Å². The van der Waals surface area contributed by atoms with Gasteiger partial charge in [-0.2, -0.15) is 0 Å². The normalized spacial score (nSPS) is 13.7. The van der Waals surface area contributed by atoms with Gasteiger partial charge in [-0.3, -0.25) is 18.6 Å². The maximum Gasteiger partial charge on any atom is 0.472 e. The van der Waals surface area contributed by atoms with Crippen molar-refractivity contribution < 1.29 is 42.1 Å². The Bertz CT molecular complexity index is 1740. The van der Waals surface area contributed by atoms with E-state index in [1.807, 2.05) is 21.1 Å². The van der Waals surface area contributed by atoms with Crippen LogP contribution in [0, 0.1) is 0 Å². The average Bonchev–Trinajstić information content (AvgIpc) is 3.61. The number of hydrogen-bond acceptors (Lipinski definition) is 7. The lowest BCUT2D eigenvalue weighted by atomic mass is 10.0. The molecule has 0 heterocycles. The number of hydrogen-bond donors (Lipinski definition) is 1. The molecule has 9 nitrogen and oxygen atoms in total. The van der Waals surface area contributed by atoms with E-state index in [2.05, 4.69) is 111 Å². The molecule has 0 aromatic carbocycles. The minimum absolute atomic E-state index is 0.0298. The van der Waals surface area contributed by atoms with Crippen LogP contribution in [-0.2, 0) is 32.7 Å². The Morgan fingerprint density at radius 1 is 0.381 bits per heavy atom. The Kier molecular flexibility index (Phi) is 62.1. The lowest BCUT2D eigenvalue weighted by Gasteiger charge is -2.24. The van der Waals surface area contributed by atoms with E-state index >= 15 is 0 Å². The molecule has 2 unspecified atom stereocenters. The predicted molar refractivity (Wildman–Crippen MR) is 362 cm³/mol. The molecule has 0 aliphatic carbocycles. The molecule has 1 N–H and O–H groups in total. The van der Waals surface area contributed by atoms with Gasteiger partial charge in [0.15, 0.2) is 6.10 Å². The van der Waals surface area contributed by atoms with E-state index in [9.17, 15) is 19.0 Å². The number of quaternary nitrogens is 1. The SMILES string of the molecule is CC/C=C\C/C=C\C/C=C\C/C=C\C/C=C\C/C=C\CCCCCCCCCCCCCCCCCCC(=O)OC(COC(=O)CCCCCCCCCCCCCCC/C=C\C/C=C\CCCCCCC)COP(=O)(O)OCC[N+](C)(C)C. The van der Waals surface area contributed by atoms with Crippen molar-refractivity contribution >= 4 is 19.8 Å². The molecule has 0 spiro atoms. The zero-order valence-corrected chi connectivity index (χ0v) is 56.3. The Balaban J connectivity index is 4.04. The summed E-state index contributed by atoms with van der Waals surface area (Å²) in [6, 6.07) is 0. The number of esters is 2. The molecule has 0 bridgehead atoms. The number of likely N-dealkylation sites (N-methyl/N-ethyl adjacent to an activating group) is 1. The summed E-state index contributed by atoms with van der Waals surface area (Å²) < 4.78 is 34.7. The highest BCUT2D eigenvalue weighted by Gasteiger charge is 2.27. The Morgan fingerprint density at radius 2 is 0.679 bits per heavy atom. The highest BCUT2D eigenvalue weighted by molar-refractivity contribution is 7.47. The van der Waals surface area contributed by atoms with Gasteiger partial charge in [-0.1, -0.05) is 297 Å². The average molecular weight is 1200 g/mol. The predicted octanol–water partition coefficient (Wildman–Crippen LogP) is 22.7. The van der Waals surface area contributed by atoms with E-state index < -0.39 is 26.5 Å². The zero-order chi connectivity index (χ0) is 61.2. The van der Waals surface area contributed by atoms with E-state index in [0.717, 1.165) is 77.0 Å². The molecule has 0 amide bonds. The molecular formula is C74H133NO8P+. The maximum absolute atomic E-state index is 12.9. The van der Waals surface area contributed by atoms with Crippen LogP contribution < -0.4 is 0 Å². The number of unbranched alkanes of at least 4 members (excludes halogenated alkanes) is 34. The monoisotopic (exact) mass is 1190 g/mol. The second-order valence-corrected chi connectivity index (χ2v) is 26.0. The third-order valence-electron chi connectivity index (χ3n) is 15.1. The van der Waals surface area contributed by atoms with Crippen LogP contribution >= 0.6 is 7.82 Å².